The Balaban J connectivity index is 2.15. The fourth-order valence-corrected chi connectivity index (χ4v) is 2.50. The summed E-state index contributed by atoms with van der Waals surface area (Å²) in [7, 11) is -2.87. The predicted molar refractivity (Wildman–Crippen MR) is 63.0 cm³/mol. The van der Waals surface area contributed by atoms with Gasteiger partial charge >= 0.3 is 0 Å². The van der Waals surface area contributed by atoms with Gasteiger partial charge in [0, 0.05) is 24.9 Å². The fraction of sp³-hybridized carbons (Fsp3) is 0.900. The van der Waals surface area contributed by atoms with Crippen molar-refractivity contribution < 1.29 is 13.2 Å². The van der Waals surface area contributed by atoms with E-state index in [9.17, 15) is 13.2 Å². The average molecular weight is 248 g/mol. The lowest BCUT2D eigenvalue weighted by Crippen LogP contribution is -2.40. The van der Waals surface area contributed by atoms with Crippen LogP contribution in [0.5, 0.6) is 0 Å². The molecule has 2 N–H and O–H groups in total. The topological polar surface area (TPSA) is 75.3 Å². The standard InChI is InChI=1S/C10H20N2O3S/c1-16(14,15)7-6-11-9-2-4-10(5-3-9)12-8-13/h8-11H,2-7H2,1H3,(H,12,13). The van der Waals surface area contributed by atoms with E-state index in [1.165, 1.54) is 6.26 Å². The maximum absolute atomic E-state index is 10.9. The van der Waals surface area contributed by atoms with Crippen molar-refractivity contribution in [2.24, 2.45) is 0 Å². The first-order chi connectivity index (χ1) is 7.51. The smallest absolute Gasteiger partial charge is 0.207 e. The lowest BCUT2D eigenvalue weighted by molar-refractivity contribution is -0.110. The van der Waals surface area contributed by atoms with Crippen LogP contribution in [0.2, 0.25) is 0 Å². The van der Waals surface area contributed by atoms with Crippen LogP contribution in [0.1, 0.15) is 25.7 Å². The Kier molecular flexibility index (Phi) is 5.21. The molecule has 5 nitrogen and oxygen atoms in total. The van der Waals surface area contributed by atoms with Gasteiger partial charge < -0.3 is 10.6 Å². The number of carbonyl (C=O) groups excluding carboxylic acids is 1. The zero-order valence-corrected chi connectivity index (χ0v) is 10.4. The van der Waals surface area contributed by atoms with Crippen LogP contribution in [0.3, 0.4) is 0 Å². The highest BCUT2D eigenvalue weighted by atomic mass is 32.2. The van der Waals surface area contributed by atoms with Gasteiger partial charge in [0.2, 0.25) is 6.41 Å². The van der Waals surface area contributed by atoms with Crippen molar-refractivity contribution in [1.29, 1.82) is 0 Å². The van der Waals surface area contributed by atoms with Gasteiger partial charge in [0.1, 0.15) is 9.84 Å². The molecule has 0 radical (unpaired) electrons. The third-order valence-corrected chi connectivity index (χ3v) is 3.88. The number of nitrogens with one attached hydrogen (secondary N) is 2. The Labute approximate surface area is 96.9 Å². The zero-order valence-electron chi connectivity index (χ0n) is 9.61. The minimum atomic E-state index is -2.87. The summed E-state index contributed by atoms with van der Waals surface area (Å²) in [5, 5.41) is 6.03. The Morgan fingerprint density at radius 2 is 1.75 bits per heavy atom. The molecule has 0 bridgehead atoms. The number of hydrogen-bond donors (Lipinski definition) is 2. The molecule has 1 fully saturated rings. The van der Waals surface area contributed by atoms with Crippen LogP contribution < -0.4 is 10.6 Å². The molecule has 0 aliphatic heterocycles. The van der Waals surface area contributed by atoms with Crippen LogP contribution in [-0.2, 0) is 14.6 Å². The molecule has 94 valence electrons. The van der Waals surface area contributed by atoms with Crippen molar-refractivity contribution >= 4 is 16.2 Å². The summed E-state index contributed by atoms with van der Waals surface area (Å²) in [4.78, 5) is 10.2. The number of amides is 1. The summed E-state index contributed by atoms with van der Waals surface area (Å²) in [6.45, 7) is 0.523. The van der Waals surface area contributed by atoms with Crippen molar-refractivity contribution in [3.05, 3.63) is 0 Å². The van der Waals surface area contributed by atoms with Crippen LogP contribution in [0.4, 0.5) is 0 Å². The number of rotatable bonds is 6. The van der Waals surface area contributed by atoms with E-state index in [2.05, 4.69) is 10.6 Å². The number of carbonyl (C=O) groups is 1. The Hall–Kier alpha value is -0.620. The Morgan fingerprint density at radius 3 is 2.25 bits per heavy atom. The highest BCUT2D eigenvalue weighted by Gasteiger charge is 2.20. The number of hydrogen-bond acceptors (Lipinski definition) is 4. The molecule has 0 unspecified atom stereocenters. The summed E-state index contributed by atoms with van der Waals surface area (Å²) in [6, 6.07) is 0.692. The van der Waals surface area contributed by atoms with E-state index in [1.54, 1.807) is 0 Å². The summed E-state index contributed by atoms with van der Waals surface area (Å²) >= 11 is 0. The summed E-state index contributed by atoms with van der Waals surface area (Å²) in [5.74, 6) is 0.194. The van der Waals surface area contributed by atoms with E-state index in [4.69, 9.17) is 0 Å². The fourth-order valence-electron chi connectivity index (χ4n) is 2.01. The molecular formula is C10H20N2O3S. The maximum atomic E-state index is 10.9. The minimum Gasteiger partial charge on any atom is -0.356 e. The molecule has 0 atom stereocenters. The van der Waals surface area contributed by atoms with Gasteiger partial charge in [0.15, 0.2) is 0 Å². The van der Waals surface area contributed by atoms with Crippen LogP contribution >= 0.6 is 0 Å². The van der Waals surface area contributed by atoms with Crippen molar-refractivity contribution in [2.75, 3.05) is 18.6 Å². The van der Waals surface area contributed by atoms with Gasteiger partial charge in [-0.25, -0.2) is 8.42 Å². The molecule has 1 saturated carbocycles. The summed E-state index contributed by atoms with van der Waals surface area (Å²) in [6.07, 6.45) is 5.93. The third-order valence-electron chi connectivity index (χ3n) is 2.94. The first-order valence-electron chi connectivity index (χ1n) is 5.62. The maximum Gasteiger partial charge on any atom is 0.207 e. The van der Waals surface area contributed by atoms with Gasteiger partial charge in [0.05, 0.1) is 5.75 Å². The van der Waals surface area contributed by atoms with E-state index in [1.807, 2.05) is 0 Å². The molecule has 0 aromatic carbocycles. The van der Waals surface area contributed by atoms with E-state index in [-0.39, 0.29) is 5.75 Å². The Morgan fingerprint density at radius 1 is 1.19 bits per heavy atom. The third kappa shape index (κ3) is 5.46. The molecule has 6 heteroatoms. The van der Waals surface area contributed by atoms with E-state index >= 15 is 0 Å². The monoisotopic (exact) mass is 248 g/mol. The first-order valence-corrected chi connectivity index (χ1v) is 7.68. The lowest BCUT2D eigenvalue weighted by atomic mass is 9.91. The summed E-state index contributed by atoms with van der Waals surface area (Å²) in [5.41, 5.74) is 0. The molecule has 1 aliphatic rings. The van der Waals surface area contributed by atoms with Gasteiger partial charge in [-0.1, -0.05) is 0 Å². The Bertz CT molecular complexity index is 308. The van der Waals surface area contributed by atoms with Gasteiger partial charge in [-0.3, -0.25) is 4.79 Å². The molecule has 1 amide bonds. The van der Waals surface area contributed by atoms with Gasteiger partial charge in [-0.2, -0.15) is 0 Å². The largest absolute Gasteiger partial charge is 0.356 e. The van der Waals surface area contributed by atoms with Gasteiger partial charge in [-0.15, -0.1) is 0 Å². The van der Waals surface area contributed by atoms with Crippen LogP contribution in [0.25, 0.3) is 0 Å². The average Bonchev–Trinajstić information content (AvgIpc) is 2.19. The van der Waals surface area contributed by atoms with Gasteiger partial charge in [-0.05, 0) is 25.7 Å². The highest BCUT2D eigenvalue weighted by Crippen LogP contribution is 2.17. The summed E-state index contributed by atoms with van der Waals surface area (Å²) < 4.78 is 21.8. The van der Waals surface area contributed by atoms with Crippen LogP contribution in [-0.4, -0.2) is 45.5 Å². The van der Waals surface area contributed by atoms with Crippen molar-refractivity contribution in [3.8, 4) is 0 Å². The van der Waals surface area contributed by atoms with E-state index in [0.29, 0.717) is 18.6 Å². The second-order valence-corrected chi connectivity index (χ2v) is 6.68. The lowest BCUT2D eigenvalue weighted by Gasteiger charge is -2.28. The molecule has 0 aromatic heterocycles. The molecule has 0 spiro atoms. The molecule has 0 aromatic rings. The van der Waals surface area contributed by atoms with Crippen molar-refractivity contribution in [1.82, 2.24) is 10.6 Å². The van der Waals surface area contributed by atoms with E-state index in [0.717, 1.165) is 32.1 Å². The van der Waals surface area contributed by atoms with Crippen LogP contribution in [0.15, 0.2) is 0 Å². The SMILES string of the molecule is CS(=O)(=O)CCNC1CCC(NC=O)CC1. The molecule has 0 heterocycles. The minimum absolute atomic E-state index is 0.194. The number of sulfone groups is 1. The quantitative estimate of drug-likeness (QED) is 0.632. The molecule has 0 saturated heterocycles. The zero-order chi connectivity index (χ0) is 12.0. The second kappa shape index (κ2) is 6.20. The molecule has 1 aliphatic carbocycles. The van der Waals surface area contributed by atoms with Crippen molar-refractivity contribution in [3.63, 3.8) is 0 Å². The molecule has 1 rings (SSSR count). The molecular weight excluding hydrogens is 228 g/mol. The van der Waals surface area contributed by atoms with Crippen molar-refractivity contribution in [2.45, 2.75) is 37.8 Å². The predicted octanol–water partition coefficient (Wildman–Crippen LogP) is -0.322. The highest BCUT2D eigenvalue weighted by molar-refractivity contribution is 7.90. The first kappa shape index (κ1) is 13.4. The molecule has 16 heavy (non-hydrogen) atoms. The van der Waals surface area contributed by atoms with Crippen LogP contribution in [0, 0.1) is 0 Å². The second-order valence-electron chi connectivity index (χ2n) is 4.42. The normalized spacial score (nSPS) is 26.3. The van der Waals surface area contributed by atoms with Gasteiger partial charge in [0.25, 0.3) is 0 Å². The van der Waals surface area contributed by atoms with E-state index < -0.39 is 9.84 Å².